The molecule has 1 aliphatic carbocycles. The fraction of sp³-hybridized carbons (Fsp3) is 0.385. The summed E-state index contributed by atoms with van der Waals surface area (Å²) in [4.78, 5) is 0. The summed E-state index contributed by atoms with van der Waals surface area (Å²) in [5, 5.41) is 14.0. The fourth-order valence-corrected chi connectivity index (χ4v) is 3.14. The zero-order valence-electron chi connectivity index (χ0n) is 10.1. The van der Waals surface area contributed by atoms with Gasteiger partial charge >= 0.3 is 0 Å². The van der Waals surface area contributed by atoms with Gasteiger partial charge in [0.1, 0.15) is 10.0 Å². The van der Waals surface area contributed by atoms with E-state index in [-0.39, 0.29) is 0 Å². The van der Waals surface area contributed by atoms with Crippen LogP contribution in [0.2, 0.25) is 0 Å². The second kappa shape index (κ2) is 5.07. The number of aromatic nitrogens is 2. The van der Waals surface area contributed by atoms with Gasteiger partial charge in [-0.15, -0.1) is 10.2 Å². The lowest BCUT2D eigenvalue weighted by Crippen LogP contribution is -2.14. The van der Waals surface area contributed by atoms with E-state index in [0.717, 1.165) is 26.6 Å². The van der Waals surface area contributed by atoms with Crippen LogP contribution in [0.4, 0.5) is 0 Å². The Morgan fingerprint density at radius 1 is 1.39 bits per heavy atom. The van der Waals surface area contributed by atoms with Crippen molar-refractivity contribution in [3.05, 3.63) is 33.2 Å². The first-order valence-electron chi connectivity index (χ1n) is 6.04. The molecule has 0 spiro atoms. The molecule has 3 rings (SSSR count). The SMILES string of the molecule is Cc1ccc(Br)c(-c2nnc(CNC3CC3)s2)c1. The van der Waals surface area contributed by atoms with Crippen LogP contribution < -0.4 is 5.32 Å². The molecule has 1 saturated carbocycles. The summed E-state index contributed by atoms with van der Waals surface area (Å²) in [6.45, 7) is 2.93. The first-order chi connectivity index (χ1) is 8.72. The molecule has 3 nitrogen and oxygen atoms in total. The summed E-state index contributed by atoms with van der Waals surface area (Å²) in [6, 6.07) is 7.00. The van der Waals surface area contributed by atoms with E-state index >= 15 is 0 Å². The van der Waals surface area contributed by atoms with Gasteiger partial charge in [-0.2, -0.15) is 0 Å². The average molecular weight is 324 g/mol. The molecule has 1 heterocycles. The van der Waals surface area contributed by atoms with Crippen molar-refractivity contribution in [3.8, 4) is 10.6 Å². The molecule has 0 unspecified atom stereocenters. The first-order valence-corrected chi connectivity index (χ1v) is 7.65. The van der Waals surface area contributed by atoms with Gasteiger partial charge in [-0.3, -0.25) is 0 Å². The summed E-state index contributed by atoms with van der Waals surface area (Å²) in [7, 11) is 0. The van der Waals surface area contributed by atoms with Crippen LogP contribution in [-0.2, 0) is 6.54 Å². The molecule has 0 radical (unpaired) electrons. The van der Waals surface area contributed by atoms with Gasteiger partial charge in [0.25, 0.3) is 0 Å². The van der Waals surface area contributed by atoms with Crippen molar-refractivity contribution in [2.45, 2.75) is 32.4 Å². The van der Waals surface area contributed by atoms with E-state index in [1.165, 1.54) is 18.4 Å². The van der Waals surface area contributed by atoms with E-state index in [9.17, 15) is 0 Å². The Morgan fingerprint density at radius 3 is 3.00 bits per heavy atom. The highest BCUT2D eigenvalue weighted by atomic mass is 79.9. The molecule has 1 aromatic heterocycles. The van der Waals surface area contributed by atoms with Crippen molar-refractivity contribution >= 4 is 27.3 Å². The molecule has 5 heteroatoms. The lowest BCUT2D eigenvalue weighted by atomic mass is 10.1. The van der Waals surface area contributed by atoms with Gasteiger partial charge in [-0.1, -0.05) is 38.9 Å². The maximum atomic E-state index is 4.29. The molecule has 0 saturated heterocycles. The number of benzene rings is 1. The molecular formula is C13H14BrN3S. The van der Waals surface area contributed by atoms with Crippen molar-refractivity contribution in [1.29, 1.82) is 0 Å². The lowest BCUT2D eigenvalue weighted by Gasteiger charge is -2.01. The molecule has 1 aliphatic rings. The van der Waals surface area contributed by atoms with Crippen molar-refractivity contribution in [2.75, 3.05) is 0 Å². The summed E-state index contributed by atoms with van der Waals surface area (Å²) in [5.41, 5.74) is 2.37. The van der Waals surface area contributed by atoms with E-state index in [1.807, 2.05) is 0 Å². The predicted octanol–water partition coefficient (Wildman–Crippen LogP) is 3.53. The van der Waals surface area contributed by atoms with Gasteiger partial charge < -0.3 is 5.32 Å². The highest BCUT2D eigenvalue weighted by Crippen LogP contribution is 2.31. The van der Waals surface area contributed by atoms with E-state index in [0.29, 0.717) is 6.04 Å². The van der Waals surface area contributed by atoms with E-state index in [1.54, 1.807) is 11.3 Å². The van der Waals surface area contributed by atoms with Crippen LogP contribution in [0.3, 0.4) is 0 Å². The second-order valence-electron chi connectivity index (χ2n) is 4.64. The third-order valence-corrected chi connectivity index (χ3v) is 4.59. The molecule has 2 aromatic rings. The van der Waals surface area contributed by atoms with Gasteiger partial charge in [0.05, 0.1) is 0 Å². The molecule has 94 valence electrons. The molecule has 18 heavy (non-hydrogen) atoms. The first kappa shape index (κ1) is 12.3. The van der Waals surface area contributed by atoms with Gasteiger partial charge in [0.15, 0.2) is 0 Å². The Hall–Kier alpha value is -0.780. The third-order valence-electron chi connectivity index (χ3n) is 2.94. The number of aryl methyl sites for hydroxylation is 1. The van der Waals surface area contributed by atoms with Crippen molar-refractivity contribution in [3.63, 3.8) is 0 Å². The quantitative estimate of drug-likeness (QED) is 0.935. The topological polar surface area (TPSA) is 37.8 Å². The van der Waals surface area contributed by atoms with Gasteiger partial charge in [0.2, 0.25) is 0 Å². The van der Waals surface area contributed by atoms with Gasteiger partial charge in [-0.05, 0) is 31.9 Å². The van der Waals surface area contributed by atoms with Crippen LogP contribution in [0.1, 0.15) is 23.4 Å². The Kier molecular flexibility index (Phi) is 3.46. The molecule has 1 N–H and O–H groups in total. The number of hydrogen-bond acceptors (Lipinski definition) is 4. The maximum absolute atomic E-state index is 4.29. The van der Waals surface area contributed by atoms with Gasteiger partial charge in [-0.25, -0.2) is 0 Å². The molecule has 1 fully saturated rings. The lowest BCUT2D eigenvalue weighted by molar-refractivity contribution is 0.679. The van der Waals surface area contributed by atoms with Crippen molar-refractivity contribution < 1.29 is 0 Å². The zero-order chi connectivity index (χ0) is 12.5. The van der Waals surface area contributed by atoms with E-state index < -0.39 is 0 Å². The number of nitrogens with zero attached hydrogens (tertiary/aromatic N) is 2. The van der Waals surface area contributed by atoms with Crippen LogP contribution in [0.15, 0.2) is 22.7 Å². The standard InChI is InChI=1S/C13H14BrN3S/c1-8-2-5-11(14)10(6-8)13-17-16-12(18-13)7-15-9-3-4-9/h2,5-6,9,15H,3-4,7H2,1H3. The second-order valence-corrected chi connectivity index (χ2v) is 6.56. The normalized spacial score (nSPS) is 15.0. The van der Waals surface area contributed by atoms with E-state index in [2.05, 4.69) is 56.6 Å². The molecule has 0 atom stereocenters. The molecular weight excluding hydrogens is 310 g/mol. The smallest absolute Gasteiger partial charge is 0.148 e. The predicted molar refractivity (Wildman–Crippen MR) is 77.6 cm³/mol. The summed E-state index contributed by atoms with van der Waals surface area (Å²) in [5.74, 6) is 0. The Balaban J connectivity index is 1.80. The van der Waals surface area contributed by atoms with E-state index in [4.69, 9.17) is 0 Å². The largest absolute Gasteiger partial charge is 0.308 e. The Bertz CT molecular complexity index is 563. The van der Waals surface area contributed by atoms with Crippen LogP contribution >= 0.6 is 27.3 Å². The molecule has 0 bridgehead atoms. The van der Waals surface area contributed by atoms with Crippen LogP contribution in [0.5, 0.6) is 0 Å². The minimum absolute atomic E-state index is 0.711. The minimum atomic E-state index is 0.711. The minimum Gasteiger partial charge on any atom is -0.308 e. The fourth-order valence-electron chi connectivity index (χ4n) is 1.76. The number of rotatable bonds is 4. The Morgan fingerprint density at radius 2 is 2.22 bits per heavy atom. The summed E-state index contributed by atoms with van der Waals surface area (Å²) in [6.07, 6.45) is 2.60. The highest BCUT2D eigenvalue weighted by molar-refractivity contribution is 9.10. The number of nitrogens with one attached hydrogen (secondary N) is 1. The molecule has 1 aromatic carbocycles. The highest BCUT2D eigenvalue weighted by Gasteiger charge is 2.21. The van der Waals surface area contributed by atoms with Crippen molar-refractivity contribution in [2.24, 2.45) is 0 Å². The van der Waals surface area contributed by atoms with Gasteiger partial charge in [0, 0.05) is 22.6 Å². The molecule has 0 amide bonds. The Labute approximate surface area is 119 Å². The number of hydrogen-bond donors (Lipinski definition) is 1. The zero-order valence-corrected chi connectivity index (χ0v) is 12.5. The molecule has 0 aliphatic heterocycles. The number of halogens is 1. The van der Waals surface area contributed by atoms with Crippen molar-refractivity contribution in [1.82, 2.24) is 15.5 Å². The van der Waals surface area contributed by atoms with Crippen LogP contribution in [0, 0.1) is 6.92 Å². The third kappa shape index (κ3) is 2.79. The summed E-state index contributed by atoms with van der Waals surface area (Å²) < 4.78 is 1.07. The maximum Gasteiger partial charge on any atom is 0.148 e. The van der Waals surface area contributed by atoms with Crippen LogP contribution in [-0.4, -0.2) is 16.2 Å². The monoisotopic (exact) mass is 323 g/mol. The summed E-state index contributed by atoms with van der Waals surface area (Å²) >= 11 is 5.24. The average Bonchev–Trinajstić information content (AvgIpc) is 3.08. The van der Waals surface area contributed by atoms with Crippen LogP contribution in [0.25, 0.3) is 10.6 Å².